The van der Waals surface area contributed by atoms with Crippen LogP contribution in [0.3, 0.4) is 0 Å². The summed E-state index contributed by atoms with van der Waals surface area (Å²) in [5, 5.41) is 7.95. The number of nitrogens with zero attached hydrogens (tertiary/aromatic N) is 2. The molecule has 28 heavy (non-hydrogen) atoms. The number of hydrazine groups is 1. The maximum atomic E-state index is 12.7. The quantitative estimate of drug-likeness (QED) is 0.246. The fourth-order valence-corrected chi connectivity index (χ4v) is 2.20. The molecule has 0 aliphatic carbocycles. The Bertz CT molecular complexity index is 840. The van der Waals surface area contributed by atoms with Gasteiger partial charge in [0.25, 0.3) is 0 Å². The summed E-state index contributed by atoms with van der Waals surface area (Å²) >= 11 is 0. The molecule has 0 aliphatic rings. The minimum absolute atomic E-state index is 0.0524. The van der Waals surface area contributed by atoms with Crippen LogP contribution in [0.5, 0.6) is 0 Å². The van der Waals surface area contributed by atoms with E-state index in [1.807, 2.05) is 0 Å². The predicted molar refractivity (Wildman–Crippen MR) is 98.3 cm³/mol. The molecule has 7 N–H and O–H groups in total. The van der Waals surface area contributed by atoms with Crippen molar-refractivity contribution in [3.05, 3.63) is 59.7 Å². The van der Waals surface area contributed by atoms with Gasteiger partial charge in [-0.2, -0.15) is 13.2 Å². The second-order valence-electron chi connectivity index (χ2n) is 5.56. The van der Waals surface area contributed by atoms with Crippen LogP contribution >= 0.6 is 0 Å². The number of para-hydroxylation sites is 1. The lowest BCUT2D eigenvalue weighted by Gasteiger charge is -2.16. The van der Waals surface area contributed by atoms with Gasteiger partial charge < -0.3 is 21.5 Å². The molecule has 2 aromatic carbocycles. The molecule has 0 aromatic heterocycles. The summed E-state index contributed by atoms with van der Waals surface area (Å²) in [6, 6.07) is 11.4. The molecule has 1 amide bonds. The number of hydrazone groups is 1. The molecule has 2 rings (SSSR count). The molecule has 0 radical (unpaired) electrons. The summed E-state index contributed by atoms with van der Waals surface area (Å²) in [5.41, 5.74) is 11.5. The first-order valence-corrected chi connectivity index (χ1v) is 7.99. The minimum atomic E-state index is -4.41. The fourth-order valence-electron chi connectivity index (χ4n) is 2.20. The zero-order valence-electron chi connectivity index (χ0n) is 14.6. The second kappa shape index (κ2) is 8.95. The van der Waals surface area contributed by atoms with Crippen LogP contribution < -0.4 is 22.6 Å². The Kier molecular flexibility index (Phi) is 6.66. The van der Waals surface area contributed by atoms with E-state index in [4.69, 9.17) is 17.3 Å². The zero-order chi connectivity index (χ0) is 20.7. The van der Waals surface area contributed by atoms with Gasteiger partial charge >= 0.3 is 12.3 Å². The van der Waals surface area contributed by atoms with Gasteiger partial charge in [-0.25, -0.2) is 15.8 Å². The number of alkyl halides is 3. The fraction of sp³-hybridized carbons (Fsp3) is 0.176. The van der Waals surface area contributed by atoms with Crippen LogP contribution in [0.15, 0.2) is 53.6 Å². The molecule has 150 valence electrons. The highest BCUT2D eigenvalue weighted by atomic mass is 19.4. The number of amides is 1. The van der Waals surface area contributed by atoms with Crippen LogP contribution in [0.4, 0.5) is 29.3 Å². The topological polar surface area (TPSA) is 132 Å². The first-order chi connectivity index (χ1) is 13.2. The van der Waals surface area contributed by atoms with Crippen LogP contribution in [0.25, 0.3) is 0 Å². The summed E-state index contributed by atoms with van der Waals surface area (Å²) in [6.45, 7) is -0.0216. The Morgan fingerprint density at radius 3 is 2.36 bits per heavy atom. The van der Waals surface area contributed by atoms with Gasteiger partial charge in [0.05, 0.1) is 12.1 Å². The van der Waals surface area contributed by atoms with Crippen molar-refractivity contribution in [2.75, 3.05) is 18.5 Å². The van der Waals surface area contributed by atoms with Gasteiger partial charge in [-0.05, 0) is 36.4 Å². The third-order valence-electron chi connectivity index (χ3n) is 3.50. The lowest BCUT2D eigenvalue weighted by molar-refractivity contribution is -0.137. The smallest absolute Gasteiger partial charge is 0.416 e. The van der Waals surface area contributed by atoms with E-state index in [0.29, 0.717) is 16.9 Å². The van der Waals surface area contributed by atoms with Gasteiger partial charge in [-0.1, -0.05) is 12.1 Å². The maximum Gasteiger partial charge on any atom is 0.416 e. The van der Waals surface area contributed by atoms with Crippen molar-refractivity contribution in [1.82, 2.24) is 5.12 Å². The molecule has 8 nitrogen and oxygen atoms in total. The van der Waals surface area contributed by atoms with E-state index in [1.165, 1.54) is 12.1 Å². The van der Waals surface area contributed by atoms with Crippen LogP contribution in [0.1, 0.15) is 11.1 Å². The third kappa shape index (κ3) is 6.06. The number of benzene rings is 2. The molecule has 2 aromatic rings. The van der Waals surface area contributed by atoms with Crippen LogP contribution in [0, 0.1) is 0 Å². The summed E-state index contributed by atoms with van der Waals surface area (Å²) in [7, 11) is 0. The highest BCUT2D eigenvalue weighted by Crippen LogP contribution is 2.30. The lowest BCUT2D eigenvalue weighted by atomic mass is 10.1. The number of rotatable bonds is 7. The highest BCUT2D eigenvalue weighted by molar-refractivity contribution is 6.02. The largest absolute Gasteiger partial charge is 0.448 e. The first-order valence-electron chi connectivity index (χ1n) is 7.99. The minimum Gasteiger partial charge on any atom is -0.448 e. The predicted octanol–water partition coefficient (Wildman–Crippen LogP) is 2.34. The highest BCUT2D eigenvalue weighted by Gasteiger charge is 2.29. The van der Waals surface area contributed by atoms with Gasteiger partial charge in [-0.3, -0.25) is 0 Å². The standard InChI is InChI=1S/C17H19F3N6O2/c18-17(19,20)11-5-7-12(8-6-11)24-14-4-2-1-3-13(14)15(21)25-26(23)9-10-28-16(22)27/h1-8,24H,9-10,23H2,(H2,21,25)(H2,22,27). The summed E-state index contributed by atoms with van der Waals surface area (Å²) in [6.07, 6.45) is -5.34. The number of ether oxygens (including phenoxy) is 1. The Balaban J connectivity index is 2.13. The number of nitrogens with two attached hydrogens (primary N) is 3. The van der Waals surface area contributed by atoms with Crippen LogP contribution in [-0.4, -0.2) is 30.2 Å². The van der Waals surface area contributed by atoms with Crippen LogP contribution in [0.2, 0.25) is 0 Å². The van der Waals surface area contributed by atoms with E-state index >= 15 is 0 Å². The zero-order valence-corrected chi connectivity index (χ0v) is 14.6. The van der Waals surface area contributed by atoms with E-state index < -0.39 is 17.8 Å². The van der Waals surface area contributed by atoms with Gasteiger partial charge in [0.1, 0.15) is 6.61 Å². The van der Waals surface area contributed by atoms with Crippen LogP contribution in [-0.2, 0) is 10.9 Å². The Hall–Kier alpha value is -3.47. The van der Waals surface area contributed by atoms with Gasteiger partial charge in [0.2, 0.25) is 0 Å². The van der Waals surface area contributed by atoms with E-state index in [9.17, 15) is 18.0 Å². The number of carbonyl (C=O) groups is 1. The Labute approximate surface area is 158 Å². The van der Waals surface area contributed by atoms with E-state index in [0.717, 1.165) is 17.3 Å². The van der Waals surface area contributed by atoms with E-state index in [-0.39, 0.29) is 19.0 Å². The monoisotopic (exact) mass is 396 g/mol. The number of nitrogens with one attached hydrogen (secondary N) is 1. The van der Waals surface area contributed by atoms with Gasteiger partial charge in [-0.15, -0.1) is 5.10 Å². The van der Waals surface area contributed by atoms with Crippen molar-refractivity contribution in [2.24, 2.45) is 22.4 Å². The molecular weight excluding hydrogens is 377 g/mol. The average Bonchev–Trinajstić information content (AvgIpc) is 2.61. The number of amidine groups is 1. The molecular formula is C17H19F3N6O2. The van der Waals surface area contributed by atoms with Crippen molar-refractivity contribution < 1.29 is 22.7 Å². The average molecular weight is 396 g/mol. The van der Waals surface area contributed by atoms with Crippen molar-refractivity contribution in [3.63, 3.8) is 0 Å². The molecule has 0 unspecified atom stereocenters. The SMILES string of the molecule is NC(=O)OCCN(N)/N=C(\N)c1ccccc1Nc1ccc(C(F)(F)F)cc1. The van der Waals surface area contributed by atoms with Crippen molar-refractivity contribution in [1.29, 1.82) is 0 Å². The van der Waals surface area contributed by atoms with Crippen molar-refractivity contribution in [2.45, 2.75) is 6.18 Å². The number of carbonyl (C=O) groups excluding carboxylic acids is 1. The molecule has 0 saturated carbocycles. The lowest BCUT2D eigenvalue weighted by Crippen LogP contribution is -2.33. The Morgan fingerprint density at radius 1 is 1.11 bits per heavy atom. The molecule has 0 fully saturated rings. The number of halogens is 3. The molecule has 0 atom stereocenters. The number of hydrogen-bond acceptors (Lipinski definition) is 6. The first kappa shape index (κ1) is 20.8. The molecule has 0 aliphatic heterocycles. The van der Waals surface area contributed by atoms with Gasteiger partial charge in [0, 0.05) is 16.9 Å². The molecule has 11 heteroatoms. The summed E-state index contributed by atoms with van der Waals surface area (Å²) in [4.78, 5) is 10.5. The van der Waals surface area contributed by atoms with Gasteiger partial charge in [0.15, 0.2) is 5.84 Å². The van der Waals surface area contributed by atoms with Crippen molar-refractivity contribution in [3.8, 4) is 0 Å². The maximum absolute atomic E-state index is 12.7. The number of primary amides is 1. The van der Waals surface area contributed by atoms with E-state index in [2.05, 4.69) is 15.2 Å². The molecule has 0 saturated heterocycles. The third-order valence-corrected chi connectivity index (χ3v) is 3.50. The van der Waals surface area contributed by atoms with Crippen molar-refractivity contribution >= 4 is 23.3 Å². The number of hydrogen-bond donors (Lipinski definition) is 4. The summed E-state index contributed by atoms with van der Waals surface area (Å²) < 4.78 is 42.6. The molecule has 0 heterocycles. The molecule has 0 spiro atoms. The number of anilines is 2. The Morgan fingerprint density at radius 2 is 1.75 bits per heavy atom. The summed E-state index contributed by atoms with van der Waals surface area (Å²) in [5.74, 6) is 5.72. The normalized spacial score (nSPS) is 11.8. The van der Waals surface area contributed by atoms with E-state index in [1.54, 1.807) is 24.3 Å². The molecule has 0 bridgehead atoms. The second-order valence-corrected chi connectivity index (χ2v) is 5.56.